The predicted octanol–water partition coefficient (Wildman–Crippen LogP) is 1.94. The number of carbonyl (C=O) groups is 3. The molecular weight excluding hydrogens is 365 g/mol. The summed E-state index contributed by atoms with van der Waals surface area (Å²) in [5, 5.41) is 11.4. The van der Waals surface area contributed by atoms with Crippen LogP contribution < -0.4 is 5.32 Å². The summed E-state index contributed by atoms with van der Waals surface area (Å²) in [5.74, 6) is -5.89. The monoisotopic (exact) mass is 380 g/mol. The number of thiophene rings is 1. The van der Waals surface area contributed by atoms with Gasteiger partial charge in [-0.1, -0.05) is 0 Å². The van der Waals surface area contributed by atoms with Crippen molar-refractivity contribution >= 4 is 29.3 Å². The lowest BCUT2D eigenvalue weighted by molar-refractivity contribution is -0.187. The molecule has 0 unspecified atom stereocenters. The fraction of sp³-hybridized carbons (Fsp3) is 0.500. The maximum Gasteiger partial charge on any atom is 0.394 e. The summed E-state index contributed by atoms with van der Waals surface area (Å²) in [6.07, 6.45) is -4.69. The van der Waals surface area contributed by atoms with Gasteiger partial charge in [-0.15, -0.1) is 11.3 Å². The Morgan fingerprint density at radius 2 is 2.04 bits per heavy atom. The summed E-state index contributed by atoms with van der Waals surface area (Å²) in [7, 11) is 1.23. The number of esters is 1. The first-order valence-corrected chi connectivity index (χ1v) is 7.94. The molecule has 0 saturated carbocycles. The first kappa shape index (κ1) is 19.0. The molecule has 2 N–H and O–H groups in total. The molecule has 0 aromatic carbocycles. The van der Waals surface area contributed by atoms with Gasteiger partial charge in [0, 0.05) is 18.0 Å². The Morgan fingerprint density at radius 1 is 1.36 bits per heavy atom. The fourth-order valence-electron chi connectivity index (χ4n) is 2.51. The molecule has 11 heteroatoms. The maximum atomic E-state index is 12.9. The van der Waals surface area contributed by atoms with Crippen LogP contribution >= 0.6 is 11.3 Å². The van der Waals surface area contributed by atoms with E-state index in [1.54, 1.807) is 6.07 Å². The molecule has 2 atom stereocenters. The van der Waals surface area contributed by atoms with Crippen molar-refractivity contribution in [3.05, 3.63) is 21.9 Å². The number of halogens is 3. The molecule has 138 valence electrons. The number of ether oxygens (including phenoxy) is 1. The summed E-state index contributed by atoms with van der Waals surface area (Å²) in [4.78, 5) is 36.1. The molecule has 1 aliphatic heterocycles. The van der Waals surface area contributed by atoms with Crippen LogP contribution in [0.2, 0.25) is 0 Å². The molecule has 0 bridgehead atoms. The van der Waals surface area contributed by atoms with E-state index in [1.165, 1.54) is 13.2 Å². The molecular formula is C14H15F3N2O5S. The number of hydrogen-bond donors (Lipinski definition) is 2. The van der Waals surface area contributed by atoms with Gasteiger partial charge in [-0.3, -0.25) is 4.79 Å². The normalized spacial score (nSPS) is 20.4. The largest absolute Gasteiger partial charge is 0.481 e. The second kappa shape index (κ2) is 7.30. The molecule has 1 aliphatic rings. The lowest BCUT2D eigenvalue weighted by Crippen LogP contribution is -2.39. The standard InChI is InChI=1S/C14H15F3N2O5S/c1-24-12(22)10-3-2-7(25-10)4-18-13(23)19-5-8(11(20)21)9(6-19)14(15,16)17/h2-3,8-9H,4-6H2,1H3,(H,18,23)(H,20,21)/t8-,9-/m1/s1. The summed E-state index contributed by atoms with van der Waals surface area (Å²) in [6, 6.07) is 2.30. The van der Waals surface area contributed by atoms with Crippen molar-refractivity contribution in [3.63, 3.8) is 0 Å². The van der Waals surface area contributed by atoms with Crippen molar-refractivity contribution in [1.29, 1.82) is 0 Å². The number of nitrogens with one attached hydrogen (secondary N) is 1. The Kier molecular flexibility index (Phi) is 5.55. The summed E-state index contributed by atoms with van der Waals surface area (Å²) < 4.78 is 43.3. The van der Waals surface area contributed by atoms with Crippen molar-refractivity contribution in [2.45, 2.75) is 12.7 Å². The SMILES string of the molecule is COC(=O)c1ccc(CNC(=O)N2C[C@@H](C(F)(F)F)[C@H](C(=O)O)C2)s1. The Labute approximate surface area is 144 Å². The zero-order chi connectivity index (χ0) is 18.8. The quantitative estimate of drug-likeness (QED) is 0.779. The van der Waals surface area contributed by atoms with Crippen LogP contribution in [0.25, 0.3) is 0 Å². The first-order valence-electron chi connectivity index (χ1n) is 7.12. The smallest absolute Gasteiger partial charge is 0.394 e. The van der Waals surface area contributed by atoms with Crippen molar-refractivity contribution in [3.8, 4) is 0 Å². The van der Waals surface area contributed by atoms with Gasteiger partial charge in [-0.05, 0) is 12.1 Å². The van der Waals surface area contributed by atoms with Gasteiger partial charge in [-0.25, -0.2) is 9.59 Å². The number of amides is 2. The Balaban J connectivity index is 1.96. The van der Waals surface area contributed by atoms with E-state index in [9.17, 15) is 27.6 Å². The highest BCUT2D eigenvalue weighted by Crippen LogP contribution is 2.37. The topological polar surface area (TPSA) is 95.9 Å². The second-order valence-corrected chi connectivity index (χ2v) is 6.58. The third-order valence-electron chi connectivity index (χ3n) is 3.81. The van der Waals surface area contributed by atoms with Crippen molar-refractivity contribution in [2.75, 3.05) is 20.2 Å². The van der Waals surface area contributed by atoms with Gasteiger partial charge in [0.15, 0.2) is 0 Å². The highest BCUT2D eigenvalue weighted by molar-refractivity contribution is 7.13. The fourth-order valence-corrected chi connectivity index (χ4v) is 3.37. The van der Waals surface area contributed by atoms with E-state index in [0.29, 0.717) is 9.75 Å². The Bertz CT molecular complexity index is 676. The van der Waals surface area contributed by atoms with Crippen LogP contribution in [-0.4, -0.2) is 54.4 Å². The number of methoxy groups -OCH3 is 1. The first-order chi connectivity index (χ1) is 11.6. The Morgan fingerprint density at radius 3 is 2.56 bits per heavy atom. The van der Waals surface area contributed by atoms with Crippen LogP contribution in [0.1, 0.15) is 14.5 Å². The number of carboxylic acid groups (broad SMARTS) is 1. The average Bonchev–Trinajstić information content (AvgIpc) is 3.18. The molecule has 25 heavy (non-hydrogen) atoms. The van der Waals surface area contributed by atoms with Gasteiger partial charge in [0.1, 0.15) is 4.88 Å². The van der Waals surface area contributed by atoms with Gasteiger partial charge in [0.05, 0.1) is 25.5 Å². The zero-order valence-corrected chi connectivity index (χ0v) is 13.8. The molecule has 1 fully saturated rings. The van der Waals surface area contributed by atoms with E-state index < -0.39 is 49.1 Å². The number of nitrogens with zero attached hydrogens (tertiary/aromatic N) is 1. The van der Waals surface area contributed by atoms with Gasteiger partial charge in [-0.2, -0.15) is 13.2 Å². The molecule has 0 aliphatic carbocycles. The zero-order valence-electron chi connectivity index (χ0n) is 13.0. The minimum atomic E-state index is -4.69. The number of hydrogen-bond acceptors (Lipinski definition) is 5. The van der Waals surface area contributed by atoms with E-state index in [2.05, 4.69) is 10.1 Å². The minimum absolute atomic E-state index is 0.00537. The molecule has 7 nitrogen and oxygen atoms in total. The number of urea groups is 1. The van der Waals surface area contributed by atoms with Crippen molar-refractivity contribution in [2.24, 2.45) is 11.8 Å². The lowest BCUT2D eigenvalue weighted by atomic mass is 9.96. The van der Waals surface area contributed by atoms with Crippen LogP contribution in [0, 0.1) is 11.8 Å². The van der Waals surface area contributed by atoms with E-state index >= 15 is 0 Å². The predicted molar refractivity (Wildman–Crippen MR) is 80.1 cm³/mol. The lowest BCUT2D eigenvalue weighted by Gasteiger charge is -2.18. The van der Waals surface area contributed by atoms with E-state index in [0.717, 1.165) is 16.2 Å². The summed E-state index contributed by atoms with van der Waals surface area (Å²) in [6.45, 7) is -1.21. The highest BCUT2D eigenvalue weighted by atomic mass is 32.1. The van der Waals surface area contributed by atoms with E-state index in [-0.39, 0.29) is 6.54 Å². The average molecular weight is 380 g/mol. The van der Waals surface area contributed by atoms with Crippen LogP contribution in [0.5, 0.6) is 0 Å². The highest BCUT2D eigenvalue weighted by Gasteiger charge is 2.53. The number of carboxylic acids is 1. The van der Waals surface area contributed by atoms with Gasteiger partial charge in [0.2, 0.25) is 0 Å². The third-order valence-corrected chi connectivity index (χ3v) is 4.87. The van der Waals surface area contributed by atoms with Gasteiger partial charge < -0.3 is 20.1 Å². The molecule has 2 amide bonds. The van der Waals surface area contributed by atoms with Gasteiger partial charge in [0.25, 0.3) is 0 Å². The third kappa shape index (κ3) is 4.41. The number of alkyl halides is 3. The number of rotatable bonds is 4. The minimum Gasteiger partial charge on any atom is -0.481 e. The molecule has 1 aromatic rings. The summed E-state index contributed by atoms with van der Waals surface area (Å²) in [5.41, 5.74) is 0. The number of aliphatic carboxylic acids is 1. The molecule has 1 aromatic heterocycles. The maximum absolute atomic E-state index is 12.9. The Hall–Kier alpha value is -2.30. The van der Waals surface area contributed by atoms with E-state index in [4.69, 9.17) is 5.11 Å². The molecule has 1 saturated heterocycles. The molecule has 0 radical (unpaired) electrons. The molecule has 2 heterocycles. The second-order valence-electron chi connectivity index (χ2n) is 5.41. The number of likely N-dealkylation sites (tertiary alicyclic amines) is 1. The van der Waals surface area contributed by atoms with Crippen LogP contribution in [0.15, 0.2) is 12.1 Å². The van der Waals surface area contributed by atoms with Crippen LogP contribution in [0.4, 0.5) is 18.0 Å². The van der Waals surface area contributed by atoms with E-state index in [1.807, 2.05) is 0 Å². The van der Waals surface area contributed by atoms with Crippen LogP contribution in [0.3, 0.4) is 0 Å². The van der Waals surface area contributed by atoms with Crippen molar-refractivity contribution < 1.29 is 37.4 Å². The number of carbonyl (C=O) groups excluding carboxylic acids is 2. The molecule has 2 rings (SSSR count). The van der Waals surface area contributed by atoms with Crippen LogP contribution in [-0.2, 0) is 16.1 Å². The van der Waals surface area contributed by atoms with Gasteiger partial charge >= 0.3 is 24.1 Å². The molecule has 0 spiro atoms. The summed E-state index contributed by atoms with van der Waals surface area (Å²) >= 11 is 1.08. The van der Waals surface area contributed by atoms with Crippen molar-refractivity contribution in [1.82, 2.24) is 10.2 Å².